The molecule has 82 valence electrons. The highest BCUT2D eigenvalue weighted by molar-refractivity contribution is 6.10. The number of carbonyl (C=O) groups is 2. The molecule has 0 radical (unpaired) electrons. The molecule has 0 bridgehead atoms. The van der Waals surface area contributed by atoms with Gasteiger partial charge in [-0.15, -0.1) is 0 Å². The lowest BCUT2D eigenvalue weighted by atomic mass is 9.51. The van der Waals surface area contributed by atoms with Crippen LogP contribution in [0.1, 0.15) is 51.4 Å². The maximum absolute atomic E-state index is 12.0. The van der Waals surface area contributed by atoms with Crippen molar-refractivity contribution in [1.29, 1.82) is 0 Å². The van der Waals surface area contributed by atoms with Gasteiger partial charge in [0.15, 0.2) is 0 Å². The van der Waals surface area contributed by atoms with Crippen LogP contribution in [0.4, 0.5) is 0 Å². The Morgan fingerprint density at radius 3 is 1.40 bits per heavy atom. The summed E-state index contributed by atoms with van der Waals surface area (Å²) in [5, 5.41) is 2.60. The third-order valence-corrected chi connectivity index (χ3v) is 4.93. The first kappa shape index (κ1) is 9.37. The number of hydrogen-bond acceptors (Lipinski definition) is 2. The molecule has 0 unspecified atom stereocenters. The molecule has 1 heterocycles. The minimum absolute atomic E-state index is 0.0342. The first-order valence-corrected chi connectivity index (χ1v) is 6.07. The zero-order valence-corrected chi connectivity index (χ0v) is 8.97. The summed E-state index contributed by atoms with van der Waals surface area (Å²) in [5.41, 5.74) is -0.610. The molecule has 3 fully saturated rings. The van der Waals surface area contributed by atoms with Gasteiger partial charge in [0.25, 0.3) is 0 Å². The molecule has 0 aromatic heterocycles. The molecule has 0 spiro atoms. The van der Waals surface area contributed by atoms with Crippen LogP contribution in [0.2, 0.25) is 0 Å². The number of amides is 2. The smallest absolute Gasteiger partial charge is 0.233 e. The first-order chi connectivity index (χ1) is 7.21. The maximum atomic E-state index is 12.0. The number of nitrogens with one attached hydrogen (secondary N) is 1. The SMILES string of the molecule is O=C1NC(=O)C23CCCCC12CCCC3. The Hall–Kier alpha value is -0.860. The predicted molar refractivity (Wildman–Crippen MR) is 55.0 cm³/mol. The molecule has 3 aliphatic rings. The van der Waals surface area contributed by atoms with Crippen molar-refractivity contribution in [3.05, 3.63) is 0 Å². The van der Waals surface area contributed by atoms with Gasteiger partial charge in [-0.2, -0.15) is 0 Å². The van der Waals surface area contributed by atoms with Gasteiger partial charge in [0, 0.05) is 0 Å². The Morgan fingerprint density at radius 1 is 0.733 bits per heavy atom. The topological polar surface area (TPSA) is 46.2 Å². The van der Waals surface area contributed by atoms with Gasteiger partial charge in [-0.25, -0.2) is 0 Å². The second-order valence-electron chi connectivity index (χ2n) is 5.36. The van der Waals surface area contributed by atoms with E-state index in [-0.39, 0.29) is 22.6 Å². The van der Waals surface area contributed by atoms with E-state index in [1.165, 1.54) is 0 Å². The Morgan fingerprint density at radius 2 is 1.07 bits per heavy atom. The molecular formula is C12H17NO2. The quantitative estimate of drug-likeness (QED) is 0.615. The average molecular weight is 207 g/mol. The van der Waals surface area contributed by atoms with E-state index in [2.05, 4.69) is 5.32 Å². The molecule has 3 rings (SSSR count). The number of rotatable bonds is 0. The van der Waals surface area contributed by atoms with Crippen LogP contribution in [0.3, 0.4) is 0 Å². The fourth-order valence-electron chi connectivity index (χ4n) is 4.15. The summed E-state index contributed by atoms with van der Waals surface area (Å²) in [4.78, 5) is 24.1. The Labute approximate surface area is 89.6 Å². The summed E-state index contributed by atoms with van der Waals surface area (Å²) in [6, 6.07) is 0. The molecular weight excluding hydrogens is 190 g/mol. The van der Waals surface area contributed by atoms with Crippen molar-refractivity contribution in [2.75, 3.05) is 0 Å². The molecule has 1 saturated heterocycles. The average Bonchev–Trinajstić information content (AvgIpc) is 2.50. The predicted octanol–water partition coefficient (Wildman–Crippen LogP) is 1.76. The molecule has 0 atom stereocenters. The van der Waals surface area contributed by atoms with Gasteiger partial charge in [0.05, 0.1) is 10.8 Å². The van der Waals surface area contributed by atoms with E-state index in [1.807, 2.05) is 0 Å². The lowest BCUT2D eigenvalue weighted by molar-refractivity contribution is -0.144. The Bertz CT molecular complexity index is 291. The highest BCUT2D eigenvalue weighted by atomic mass is 16.2. The highest BCUT2D eigenvalue weighted by Gasteiger charge is 2.66. The Balaban J connectivity index is 2.12. The summed E-state index contributed by atoms with van der Waals surface area (Å²) in [7, 11) is 0. The van der Waals surface area contributed by atoms with Crippen molar-refractivity contribution >= 4 is 11.8 Å². The van der Waals surface area contributed by atoms with E-state index in [4.69, 9.17) is 0 Å². The van der Waals surface area contributed by atoms with E-state index >= 15 is 0 Å². The molecule has 1 aliphatic heterocycles. The van der Waals surface area contributed by atoms with Crippen molar-refractivity contribution in [2.24, 2.45) is 10.8 Å². The zero-order chi connectivity index (χ0) is 10.5. The van der Waals surface area contributed by atoms with Crippen molar-refractivity contribution < 1.29 is 9.59 Å². The third-order valence-electron chi connectivity index (χ3n) is 4.93. The summed E-state index contributed by atoms with van der Waals surface area (Å²) >= 11 is 0. The zero-order valence-electron chi connectivity index (χ0n) is 8.97. The lowest BCUT2D eigenvalue weighted by Gasteiger charge is -2.48. The molecule has 15 heavy (non-hydrogen) atoms. The van der Waals surface area contributed by atoms with Crippen LogP contribution >= 0.6 is 0 Å². The second-order valence-corrected chi connectivity index (χ2v) is 5.36. The fourth-order valence-corrected chi connectivity index (χ4v) is 4.15. The number of carbonyl (C=O) groups excluding carboxylic acids is 2. The minimum atomic E-state index is -0.305. The van der Waals surface area contributed by atoms with Gasteiger partial charge in [0.1, 0.15) is 0 Å². The largest absolute Gasteiger partial charge is 0.295 e. The van der Waals surface area contributed by atoms with Crippen molar-refractivity contribution in [3.63, 3.8) is 0 Å². The number of hydrogen-bond donors (Lipinski definition) is 1. The van der Waals surface area contributed by atoms with Gasteiger partial charge in [0.2, 0.25) is 11.8 Å². The van der Waals surface area contributed by atoms with Crippen molar-refractivity contribution in [2.45, 2.75) is 51.4 Å². The van der Waals surface area contributed by atoms with Crippen molar-refractivity contribution in [1.82, 2.24) is 5.32 Å². The van der Waals surface area contributed by atoms with Crippen LogP contribution in [0.25, 0.3) is 0 Å². The van der Waals surface area contributed by atoms with Gasteiger partial charge in [-0.3, -0.25) is 14.9 Å². The second kappa shape index (κ2) is 2.83. The molecule has 0 aromatic rings. The maximum Gasteiger partial charge on any atom is 0.233 e. The van der Waals surface area contributed by atoms with E-state index in [9.17, 15) is 9.59 Å². The third kappa shape index (κ3) is 0.918. The minimum Gasteiger partial charge on any atom is -0.295 e. The standard InChI is InChI=1S/C12H17NO2/c14-9-11-5-1-2-6-12(11,10(15)13-9)8-4-3-7-11/h1-8H2,(H,13,14,15). The lowest BCUT2D eigenvalue weighted by Crippen LogP contribution is -2.49. The first-order valence-electron chi connectivity index (χ1n) is 6.07. The van der Waals surface area contributed by atoms with Gasteiger partial charge in [-0.1, -0.05) is 25.7 Å². The summed E-state index contributed by atoms with van der Waals surface area (Å²) in [6.07, 6.45) is 8.19. The molecule has 1 N–H and O–H groups in total. The van der Waals surface area contributed by atoms with Gasteiger partial charge in [-0.05, 0) is 25.7 Å². The van der Waals surface area contributed by atoms with Crippen LogP contribution in [0, 0.1) is 10.8 Å². The highest BCUT2D eigenvalue weighted by Crippen LogP contribution is 2.61. The number of imide groups is 1. The van der Waals surface area contributed by atoms with E-state index < -0.39 is 0 Å². The normalized spacial score (nSPS) is 44.5. The molecule has 2 amide bonds. The summed E-state index contributed by atoms with van der Waals surface area (Å²) in [6.45, 7) is 0. The molecule has 0 aromatic carbocycles. The molecule has 2 saturated carbocycles. The van der Waals surface area contributed by atoms with E-state index in [0.29, 0.717) is 0 Å². The van der Waals surface area contributed by atoms with Crippen LogP contribution in [-0.4, -0.2) is 11.8 Å². The van der Waals surface area contributed by atoms with Gasteiger partial charge >= 0.3 is 0 Å². The monoisotopic (exact) mass is 207 g/mol. The van der Waals surface area contributed by atoms with Gasteiger partial charge < -0.3 is 0 Å². The van der Waals surface area contributed by atoms with Crippen LogP contribution in [-0.2, 0) is 9.59 Å². The summed E-state index contributed by atoms with van der Waals surface area (Å²) < 4.78 is 0. The molecule has 3 nitrogen and oxygen atoms in total. The van der Waals surface area contributed by atoms with E-state index in [1.54, 1.807) is 0 Å². The summed E-state index contributed by atoms with van der Waals surface area (Å²) in [5.74, 6) is 0.0683. The fraction of sp³-hybridized carbons (Fsp3) is 0.833. The van der Waals surface area contributed by atoms with Crippen LogP contribution in [0.5, 0.6) is 0 Å². The van der Waals surface area contributed by atoms with Crippen LogP contribution < -0.4 is 5.32 Å². The molecule has 2 aliphatic carbocycles. The Kier molecular flexibility index (Phi) is 1.77. The molecule has 3 heteroatoms. The van der Waals surface area contributed by atoms with Crippen molar-refractivity contribution in [3.8, 4) is 0 Å². The van der Waals surface area contributed by atoms with Crippen LogP contribution in [0.15, 0.2) is 0 Å². The van der Waals surface area contributed by atoms with E-state index in [0.717, 1.165) is 51.4 Å².